The summed E-state index contributed by atoms with van der Waals surface area (Å²) in [6.07, 6.45) is 3.80. The van der Waals surface area contributed by atoms with E-state index in [0.717, 1.165) is 25.4 Å². The summed E-state index contributed by atoms with van der Waals surface area (Å²) >= 11 is 0. The van der Waals surface area contributed by atoms with Crippen molar-refractivity contribution >= 4 is 0 Å². The fraction of sp³-hybridized carbons (Fsp3) is 0.571. The predicted molar refractivity (Wildman–Crippen MR) is 68.3 cm³/mol. The van der Waals surface area contributed by atoms with Crippen LogP contribution < -0.4 is 11.1 Å². The number of nitrogens with one attached hydrogen (secondary N) is 1. The van der Waals surface area contributed by atoms with E-state index in [4.69, 9.17) is 5.73 Å². The lowest BCUT2D eigenvalue weighted by Gasteiger charge is -2.18. The minimum atomic E-state index is 0.548. The summed E-state index contributed by atoms with van der Waals surface area (Å²) in [6, 6.07) is 9.47. The highest BCUT2D eigenvalue weighted by atomic mass is 14.9. The van der Waals surface area contributed by atoms with Gasteiger partial charge in [0.15, 0.2) is 0 Å². The second-order valence-corrected chi connectivity index (χ2v) is 4.82. The van der Waals surface area contributed by atoms with Crippen LogP contribution in [0.15, 0.2) is 24.3 Å². The Morgan fingerprint density at radius 2 is 2.00 bits per heavy atom. The molecule has 0 bridgehead atoms. The molecule has 1 aromatic carbocycles. The topological polar surface area (TPSA) is 38.0 Å². The molecular weight excluding hydrogens is 196 g/mol. The van der Waals surface area contributed by atoms with E-state index in [1.54, 1.807) is 0 Å². The van der Waals surface area contributed by atoms with E-state index < -0.39 is 0 Å². The summed E-state index contributed by atoms with van der Waals surface area (Å²) in [5.41, 5.74) is 8.29. The van der Waals surface area contributed by atoms with Gasteiger partial charge in [0.25, 0.3) is 0 Å². The minimum absolute atomic E-state index is 0.548. The van der Waals surface area contributed by atoms with Crippen LogP contribution in [0.4, 0.5) is 0 Å². The Hall–Kier alpha value is -0.860. The maximum Gasteiger partial charge on any atom is 0.0348 e. The van der Waals surface area contributed by atoms with Crippen LogP contribution in [0.25, 0.3) is 0 Å². The molecule has 1 unspecified atom stereocenters. The normalized spacial score (nSPS) is 17.4. The van der Waals surface area contributed by atoms with E-state index in [1.807, 2.05) is 0 Å². The van der Waals surface area contributed by atoms with Gasteiger partial charge in [-0.2, -0.15) is 0 Å². The van der Waals surface area contributed by atoms with Crippen molar-refractivity contribution in [1.82, 2.24) is 5.32 Å². The third-order valence-corrected chi connectivity index (χ3v) is 3.28. The first-order chi connectivity index (χ1) is 7.81. The van der Waals surface area contributed by atoms with E-state index in [-0.39, 0.29) is 0 Å². The van der Waals surface area contributed by atoms with E-state index in [2.05, 4.69) is 36.5 Å². The monoisotopic (exact) mass is 218 g/mol. The standard InChI is InChI=1S/C14H22N2/c1-11-3-5-12(6-4-11)14(13-7-8-13)16-10-2-9-15/h3-6,13-14,16H,2,7-10,15H2,1H3. The Bertz CT molecular complexity index is 314. The van der Waals surface area contributed by atoms with Crippen molar-refractivity contribution in [2.24, 2.45) is 11.7 Å². The van der Waals surface area contributed by atoms with Gasteiger partial charge in [0.1, 0.15) is 0 Å². The third kappa shape index (κ3) is 3.06. The molecule has 1 aliphatic rings. The zero-order valence-electron chi connectivity index (χ0n) is 10.1. The lowest BCUT2D eigenvalue weighted by molar-refractivity contribution is 0.477. The van der Waals surface area contributed by atoms with Crippen molar-refractivity contribution in [2.45, 2.75) is 32.2 Å². The second-order valence-electron chi connectivity index (χ2n) is 4.82. The fourth-order valence-electron chi connectivity index (χ4n) is 2.12. The van der Waals surface area contributed by atoms with E-state index >= 15 is 0 Å². The molecule has 1 fully saturated rings. The van der Waals surface area contributed by atoms with Crippen molar-refractivity contribution < 1.29 is 0 Å². The van der Waals surface area contributed by atoms with Gasteiger partial charge in [-0.3, -0.25) is 0 Å². The highest BCUT2D eigenvalue weighted by Gasteiger charge is 2.31. The zero-order chi connectivity index (χ0) is 11.4. The van der Waals surface area contributed by atoms with Gasteiger partial charge in [-0.15, -0.1) is 0 Å². The van der Waals surface area contributed by atoms with Crippen molar-refractivity contribution in [1.29, 1.82) is 0 Å². The zero-order valence-corrected chi connectivity index (χ0v) is 10.1. The molecule has 1 atom stereocenters. The predicted octanol–water partition coefficient (Wildman–Crippen LogP) is 2.38. The quantitative estimate of drug-likeness (QED) is 0.719. The summed E-state index contributed by atoms with van der Waals surface area (Å²) in [5.74, 6) is 0.848. The molecule has 1 aliphatic carbocycles. The highest BCUT2D eigenvalue weighted by molar-refractivity contribution is 5.25. The summed E-state index contributed by atoms with van der Waals surface area (Å²) in [4.78, 5) is 0. The summed E-state index contributed by atoms with van der Waals surface area (Å²) in [5, 5.41) is 3.64. The van der Waals surface area contributed by atoms with E-state index in [9.17, 15) is 0 Å². The van der Waals surface area contributed by atoms with Gasteiger partial charge in [-0.1, -0.05) is 29.8 Å². The number of rotatable bonds is 6. The molecule has 0 amide bonds. The molecule has 1 saturated carbocycles. The largest absolute Gasteiger partial charge is 0.330 e. The Morgan fingerprint density at radius 1 is 1.31 bits per heavy atom. The van der Waals surface area contributed by atoms with Crippen LogP contribution in [0, 0.1) is 12.8 Å². The van der Waals surface area contributed by atoms with Crippen molar-refractivity contribution in [3.8, 4) is 0 Å². The third-order valence-electron chi connectivity index (χ3n) is 3.28. The number of benzene rings is 1. The molecule has 3 N–H and O–H groups in total. The first-order valence-corrected chi connectivity index (χ1v) is 6.31. The van der Waals surface area contributed by atoms with E-state index in [0.29, 0.717) is 6.04 Å². The lowest BCUT2D eigenvalue weighted by atomic mass is 10.0. The van der Waals surface area contributed by atoms with Crippen LogP contribution in [0.5, 0.6) is 0 Å². The average molecular weight is 218 g/mol. The van der Waals surface area contributed by atoms with Gasteiger partial charge in [-0.05, 0) is 50.8 Å². The highest BCUT2D eigenvalue weighted by Crippen LogP contribution is 2.40. The molecule has 2 rings (SSSR count). The summed E-state index contributed by atoms with van der Waals surface area (Å²) in [6.45, 7) is 3.95. The Balaban J connectivity index is 1.98. The molecule has 0 radical (unpaired) electrons. The van der Waals surface area contributed by atoms with Gasteiger partial charge in [0.05, 0.1) is 0 Å². The van der Waals surface area contributed by atoms with Gasteiger partial charge in [-0.25, -0.2) is 0 Å². The Labute approximate surface area is 98.2 Å². The molecule has 0 saturated heterocycles. The van der Waals surface area contributed by atoms with Crippen LogP contribution in [0.1, 0.15) is 36.4 Å². The van der Waals surface area contributed by atoms with Crippen LogP contribution in [0.2, 0.25) is 0 Å². The van der Waals surface area contributed by atoms with E-state index in [1.165, 1.54) is 24.0 Å². The fourth-order valence-corrected chi connectivity index (χ4v) is 2.12. The summed E-state index contributed by atoms with van der Waals surface area (Å²) < 4.78 is 0. The molecule has 0 aliphatic heterocycles. The molecule has 2 heteroatoms. The molecule has 0 heterocycles. The molecule has 0 aromatic heterocycles. The van der Waals surface area contributed by atoms with Crippen molar-refractivity contribution in [3.05, 3.63) is 35.4 Å². The maximum atomic E-state index is 5.53. The smallest absolute Gasteiger partial charge is 0.0348 e. The van der Waals surface area contributed by atoms with Crippen molar-refractivity contribution in [2.75, 3.05) is 13.1 Å². The van der Waals surface area contributed by atoms with Crippen molar-refractivity contribution in [3.63, 3.8) is 0 Å². The number of nitrogens with two attached hydrogens (primary N) is 1. The molecule has 0 spiro atoms. The van der Waals surface area contributed by atoms with Crippen LogP contribution in [0.3, 0.4) is 0 Å². The molecular formula is C14H22N2. The first-order valence-electron chi connectivity index (χ1n) is 6.31. The SMILES string of the molecule is Cc1ccc(C(NCCCN)C2CC2)cc1. The summed E-state index contributed by atoms with van der Waals surface area (Å²) in [7, 11) is 0. The minimum Gasteiger partial charge on any atom is -0.330 e. The lowest BCUT2D eigenvalue weighted by Crippen LogP contribution is -2.25. The van der Waals surface area contributed by atoms with Crippen LogP contribution >= 0.6 is 0 Å². The van der Waals surface area contributed by atoms with Gasteiger partial charge < -0.3 is 11.1 Å². The second kappa shape index (κ2) is 5.46. The number of hydrogen-bond donors (Lipinski definition) is 2. The van der Waals surface area contributed by atoms with Crippen LogP contribution in [-0.4, -0.2) is 13.1 Å². The Kier molecular flexibility index (Phi) is 3.97. The van der Waals surface area contributed by atoms with Crippen LogP contribution in [-0.2, 0) is 0 Å². The van der Waals surface area contributed by atoms with Gasteiger partial charge >= 0.3 is 0 Å². The molecule has 88 valence electrons. The Morgan fingerprint density at radius 3 is 2.56 bits per heavy atom. The first kappa shape index (κ1) is 11.6. The molecule has 1 aromatic rings. The van der Waals surface area contributed by atoms with Gasteiger partial charge in [0.2, 0.25) is 0 Å². The molecule has 2 nitrogen and oxygen atoms in total. The molecule has 16 heavy (non-hydrogen) atoms. The number of hydrogen-bond acceptors (Lipinski definition) is 2. The van der Waals surface area contributed by atoms with Gasteiger partial charge in [0, 0.05) is 6.04 Å². The average Bonchev–Trinajstić information content (AvgIpc) is 3.10. The maximum absolute atomic E-state index is 5.53. The number of aryl methyl sites for hydroxylation is 1.